The van der Waals surface area contributed by atoms with Crippen LogP contribution >= 0.6 is 0 Å². The molecule has 2 N–H and O–H groups in total. The quantitative estimate of drug-likeness (QED) is 0.406. The number of furan rings is 1. The third-order valence-corrected chi connectivity index (χ3v) is 4.22. The third kappa shape index (κ3) is 3.89. The molecule has 1 amide bonds. The van der Waals surface area contributed by atoms with E-state index in [-0.39, 0.29) is 5.56 Å². The van der Waals surface area contributed by atoms with E-state index in [1.54, 1.807) is 12.1 Å². The number of H-pyrrole nitrogens is 1. The van der Waals surface area contributed by atoms with E-state index in [0.29, 0.717) is 22.6 Å². The summed E-state index contributed by atoms with van der Waals surface area (Å²) >= 11 is 0. The van der Waals surface area contributed by atoms with Crippen molar-refractivity contribution in [3.8, 4) is 22.4 Å². The van der Waals surface area contributed by atoms with Gasteiger partial charge in [-0.2, -0.15) is 10.2 Å². The number of benzene rings is 2. The molecule has 4 aromatic rings. The normalized spacial score (nSPS) is 10.9. The smallest absolute Gasteiger partial charge is 0.277 e. The molecule has 0 radical (unpaired) electrons. The maximum atomic E-state index is 12.9. The first-order chi connectivity index (χ1) is 14.2. The largest absolute Gasteiger partial charge is 0.463 e. The molecular formula is C22H16N4O3. The molecule has 7 heteroatoms. The molecule has 0 fully saturated rings. The van der Waals surface area contributed by atoms with Crippen LogP contribution in [0.3, 0.4) is 0 Å². The molecule has 0 aliphatic heterocycles. The summed E-state index contributed by atoms with van der Waals surface area (Å²) in [5.41, 5.74) is 4.13. The highest BCUT2D eigenvalue weighted by Crippen LogP contribution is 2.31. The number of nitrogens with zero attached hydrogens (tertiary/aromatic N) is 2. The lowest BCUT2D eigenvalue weighted by atomic mass is 9.95. The zero-order chi connectivity index (χ0) is 20.1. The van der Waals surface area contributed by atoms with Crippen molar-refractivity contribution in [2.75, 3.05) is 0 Å². The fourth-order valence-corrected chi connectivity index (χ4v) is 2.93. The Hall–Kier alpha value is -4.26. The molecule has 0 aliphatic rings. The zero-order valence-electron chi connectivity index (χ0n) is 15.2. The Bertz CT molecular complexity index is 1200. The van der Waals surface area contributed by atoms with Gasteiger partial charge in [-0.1, -0.05) is 60.7 Å². The standard InChI is InChI=1S/C22H16N4O3/c27-21(25-23-14-17-12-7-13-29-17)19-18(15-8-3-1-4-9-15)20(24-26-22(19)28)16-10-5-2-6-11-16/h1-14H,(H,25,27)(H,26,28). The average Bonchev–Trinajstić information content (AvgIpc) is 3.28. The van der Waals surface area contributed by atoms with E-state index in [9.17, 15) is 9.59 Å². The Morgan fingerprint density at radius 1 is 0.966 bits per heavy atom. The predicted octanol–water partition coefficient (Wildman–Crippen LogP) is 3.46. The molecule has 0 aliphatic carbocycles. The Labute approximate surface area is 165 Å². The predicted molar refractivity (Wildman–Crippen MR) is 109 cm³/mol. The van der Waals surface area contributed by atoms with Gasteiger partial charge in [0.15, 0.2) is 0 Å². The molecule has 2 aromatic carbocycles. The van der Waals surface area contributed by atoms with Gasteiger partial charge in [0.05, 0.1) is 18.2 Å². The van der Waals surface area contributed by atoms with Gasteiger partial charge in [-0.05, 0) is 17.7 Å². The van der Waals surface area contributed by atoms with Gasteiger partial charge in [0, 0.05) is 11.1 Å². The number of aromatic amines is 1. The maximum Gasteiger partial charge on any atom is 0.277 e. The van der Waals surface area contributed by atoms with Crippen molar-refractivity contribution in [3.05, 3.63) is 101 Å². The van der Waals surface area contributed by atoms with E-state index in [4.69, 9.17) is 4.42 Å². The Balaban J connectivity index is 1.82. The minimum atomic E-state index is -0.646. The first-order valence-electron chi connectivity index (χ1n) is 8.84. The van der Waals surface area contributed by atoms with Gasteiger partial charge in [-0.3, -0.25) is 9.59 Å². The topological polar surface area (TPSA) is 100 Å². The summed E-state index contributed by atoms with van der Waals surface area (Å²) in [5.74, 6) is -0.172. The second-order valence-corrected chi connectivity index (χ2v) is 6.10. The highest BCUT2D eigenvalue weighted by molar-refractivity contribution is 6.03. The van der Waals surface area contributed by atoms with Gasteiger partial charge < -0.3 is 4.42 Å². The number of amides is 1. The van der Waals surface area contributed by atoms with E-state index in [1.807, 2.05) is 60.7 Å². The molecule has 2 heterocycles. The summed E-state index contributed by atoms with van der Waals surface area (Å²) in [6.45, 7) is 0. The van der Waals surface area contributed by atoms with Crippen LogP contribution in [0.25, 0.3) is 22.4 Å². The van der Waals surface area contributed by atoms with E-state index >= 15 is 0 Å². The molecule has 29 heavy (non-hydrogen) atoms. The molecule has 4 rings (SSSR count). The number of nitrogens with one attached hydrogen (secondary N) is 2. The zero-order valence-corrected chi connectivity index (χ0v) is 15.2. The van der Waals surface area contributed by atoms with E-state index in [0.717, 1.165) is 5.56 Å². The van der Waals surface area contributed by atoms with Gasteiger partial charge in [0.25, 0.3) is 11.5 Å². The number of carbonyl (C=O) groups excluding carboxylic acids is 1. The molecule has 0 saturated carbocycles. The van der Waals surface area contributed by atoms with Crippen molar-refractivity contribution in [2.45, 2.75) is 0 Å². The number of carbonyl (C=O) groups is 1. The Morgan fingerprint density at radius 3 is 2.31 bits per heavy atom. The lowest BCUT2D eigenvalue weighted by Crippen LogP contribution is -2.28. The van der Waals surface area contributed by atoms with Gasteiger partial charge in [0.1, 0.15) is 11.3 Å². The summed E-state index contributed by atoms with van der Waals surface area (Å²) in [5, 5.41) is 10.5. The van der Waals surface area contributed by atoms with Crippen LogP contribution in [0.5, 0.6) is 0 Å². The van der Waals surface area contributed by atoms with Gasteiger partial charge in [0.2, 0.25) is 0 Å². The van der Waals surface area contributed by atoms with Crippen molar-refractivity contribution in [1.82, 2.24) is 15.6 Å². The second kappa shape index (κ2) is 8.18. The van der Waals surface area contributed by atoms with Crippen LogP contribution in [0.2, 0.25) is 0 Å². The highest BCUT2D eigenvalue weighted by Gasteiger charge is 2.22. The van der Waals surface area contributed by atoms with Crippen LogP contribution in [0.1, 0.15) is 16.1 Å². The molecular weight excluding hydrogens is 368 g/mol. The van der Waals surface area contributed by atoms with Gasteiger partial charge >= 0.3 is 0 Å². The summed E-state index contributed by atoms with van der Waals surface area (Å²) in [7, 11) is 0. The van der Waals surface area contributed by atoms with Crippen LogP contribution < -0.4 is 11.0 Å². The molecule has 0 saturated heterocycles. The van der Waals surface area contributed by atoms with Crippen molar-refractivity contribution >= 4 is 12.1 Å². The third-order valence-electron chi connectivity index (χ3n) is 4.22. The minimum absolute atomic E-state index is 0.0679. The molecule has 142 valence electrons. The van der Waals surface area contributed by atoms with E-state index in [2.05, 4.69) is 20.7 Å². The fourth-order valence-electron chi connectivity index (χ4n) is 2.93. The molecule has 0 bridgehead atoms. The number of aromatic nitrogens is 2. The van der Waals surface area contributed by atoms with Gasteiger partial charge in [-0.25, -0.2) is 10.5 Å². The van der Waals surface area contributed by atoms with Crippen molar-refractivity contribution < 1.29 is 9.21 Å². The molecule has 0 spiro atoms. The summed E-state index contributed by atoms with van der Waals surface area (Å²) in [6.07, 6.45) is 2.85. The first-order valence-corrected chi connectivity index (χ1v) is 8.84. The van der Waals surface area contributed by atoms with Crippen LogP contribution in [0, 0.1) is 0 Å². The fraction of sp³-hybridized carbons (Fsp3) is 0. The first kappa shape index (κ1) is 18.1. The van der Waals surface area contributed by atoms with Gasteiger partial charge in [-0.15, -0.1) is 0 Å². The van der Waals surface area contributed by atoms with E-state index in [1.165, 1.54) is 12.5 Å². The summed E-state index contributed by atoms with van der Waals surface area (Å²) in [6, 6.07) is 21.9. The van der Waals surface area contributed by atoms with Crippen LogP contribution in [0.4, 0.5) is 0 Å². The Morgan fingerprint density at radius 2 is 1.66 bits per heavy atom. The minimum Gasteiger partial charge on any atom is -0.463 e. The van der Waals surface area contributed by atoms with Crippen molar-refractivity contribution in [3.63, 3.8) is 0 Å². The van der Waals surface area contributed by atoms with Crippen LogP contribution in [-0.4, -0.2) is 22.3 Å². The number of rotatable bonds is 5. The number of hydrogen-bond acceptors (Lipinski definition) is 5. The van der Waals surface area contributed by atoms with Crippen molar-refractivity contribution in [1.29, 1.82) is 0 Å². The maximum absolute atomic E-state index is 12.9. The molecule has 2 aromatic heterocycles. The lowest BCUT2D eigenvalue weighted by Gasteiger charge is -2.12. The van der Waals surface area contributed by atoms with Crippen molar-refractivity contribution in [2.24, 2.45) is 5.10 Å². The Kier molecular flexibility index (Phi) is 5.11. The highest BCUT2D eigenvalue weighted by atomic mass is 16.3. The summed E-state index contributed by atoms with van der Waals surface area (Å²) < 4.78 is 5.14. The van der Waals surface area contributed by atoms with Crippen LogP contribution in [-0.2, 0) is 0 Å². The second-order valence-electron chi connectivity index (χ2n) is 6.10. The van der Waals surface area contributed by atoms with Crippen LogP contribution in [0.15, 0.2) is 93.4 Å². The molecule has 7 nitrogen and oxygen atoms in total. The molecule has 0 atom stereocenters. The SMILES string of the molecule is O=C(NN=Cc1ccco1)c1c(-c2ccccc2)c(-c2ccccc2)n[nH]c1=O. The lowest BCUT2D eigenvalue weighted by molar-refractivity contribution is 0.0954. The summed E-state index contributed by atoms with van der Waals surface area (Å²) in [4.78, 5) is 25.4. The average molecular weight is 384 g/mol. The molecule has 0 unspecified atom stereocenters. The number of hydrazone groups is 1. The van der Waals surface area contributed by atoms with E-state index < -0.39 is 11.5 Å². The monoisotopic (exact) mass is 384 g/mol. The number of hydrogen-bond donors (Lipinski definition) is 2.